The highest BCUT2D eigenvalue weighted by Gasteiger charge is 2.21. The molecule has 0 aliphatic rings. The van der Waals surface area contributed by atoms with Gasteiger partial charge in [-0.3, -0.25) is 9.11 Å². The lowest BCUT2D eigenvalue weighted by atomic mass is 10.1. The number of methoxy groups -OCH3 is 2. The molecule has 2 aromatic carbocycles. The molecule has 0 atom stereocenters. The van der Waals surface area contributed by atoms with Crippen LogP contribution in [0.25, 0.3) is 12.2 Å². The molecule has 0 amide bonds. The van der Waals surface area contributed by atoms with Crippen molar-refractivity contribution in [3.05, 3.63) is 47.5 Å². The summed E-state index contributed by atoms with van der Waals surface area (Å²) >= 11 is 0. The van der Waals surface area contributed by atoms with E-state index in [9.17, 15) is 36.2 Å². The van der Waals surface area contributed by atoms with Gasteiger partial charge >= 0.3 is 12.0 Å². The Morgan fingerprint density at radius 3 is 1.24 bits per heavy atom. The number of hydrogen-bond acceptors (Lipinski definition) is 18. The summed E-state index contributed by atoms with van der Waals surface area (Å²) < 4.78 is 79.7. The number of aromatic nitrogens is 6. The van der Waals surface area contributed by atoms with Gasteiger partial charge in [-0.1, -0.05) is 24.3 Å². The van der Waals surface area contributed by atoms with E-state index in [1.807, 2.05) is 0 Å². The van der Waals surface area contributed by atoms with Crippen LogP contribution in [0.3, 0.4) is 0 Å². The quantitative estimate of drug-likeness (QED) is 0.0524. The first-order valence-electron chi connectivity index (χ1n) is 14.2. The Morgan fingerprint density at radius 1 is 0.600 bits per heavy atom. The van der Waals surface area contributed by atoms with Gasteiger partial charge in [0.15, 0.2) is 0 Å². The predicted molar refractivity (Wildman–Crippen MR) is 181 cm³/mol. The maximum absolute atomic E-state index is 12.4. The van der Waals surface area contributed by atoms with Gasteiger partial charge in [-0.25, -0.2) is 0 Å². The van der Waals surface area contributed by atoms with E-state index in [-0.39, 0.29) is 58.3 Å². The number of ether oxygens (including phenoxy) is 2. The molecule has 0 unspecified atom stereocenters. The van der Waals surface area contributed by atoms with Crippen LogP contribution in [-0.2, 0) is 20.2 Å². The minimum atomic E-state index is -4.84. The van der Waals surface area contributed by atoms with Crippen molar-refractivity contribution in [1.82, 2.24) is 29.9 Å². The smallest absolute Gasteiger partial charge is 0.322 e. The van der Waals surface area contributed by atoms with Crippen molar-refractivity contribution in [2.45, 2.75) is 48.9 Å². The summed E-state index contributed by atoms with van der Waals surface area (Å²) in [6.07, 6.45) is 2.43. The van der Waals surface area contributed by atoms with Crippen molar-refractivity contribution in [3.8, 4) is 12.0 Å². The largest absolute Gasteiger partial charge is 0.467 e. The van der Waals surface area contributed by atoms with E-state index in [2.05, 4.69) is 51.2 Å². The predicted octanol–water partition coefficient (Wildman–Crippen LogP) is 2.51. The molecular weight excluding hydrogens is 701 g/mol. The van der Waals surface area contributed by atoms with Crippen LogP contribution in [0, 0.1) is 0 Å². The maximum Gasteiger partial charge on any atom is 0.322 e. The first kappa shape index (κ1) is 37.6. The summed E-state index contributed by atoms with van der Waals surface area (Å²) in [5.41, 5.74) is -2.68. The number of hydrogen-bond donors (Lipinski definition) is 8. The molecule has 0 fully saturated rings. The number of nitrogens with zero attached hydrogens (tertiary/aromatic N) is 6. The second kappa shape index (κ2) is 14.3. The standard InChI is InChI=1S/C28H34N10O10S2/c1-27(2,39)37-23-31-21(33-25(35-23)47-5)29-17-11-9-15(19(13-17)49(41,42)43)7-8-16-10-12-18(14-20(16)50(44,45)46)30-22-32-24(38-28(3,4)40)36-26(34-22)48-6/h7-14,39-40H,1-6H3,(H,41,42,43)(H,44,45,46)(H2,29,31,33,35,37)(H2,30,32,34,36,38). The van der Waals surface area contributed by atoms with E-state index < -0.39 is 41.5 Å². The minimum Gasteiger partial charge on any atom is -0.467 e. The third-order valence-electron chi connectivity index (χ3n) is 5.97. The van der Waals surface area contributed by atoms with Gasteiger partial charge in [-0.15, -0.1) is 0 Å². The summed E-state index contributed by atoms with van der Waals surface area (Å²) in [5.74, 6) is -0.310. The van der Waals surface area contributed by atoms with Gasteiger partial charge in [-0.2, -0.15) is 46.7 Å². The number of anilines is 6. The third-order valence-corrected chi connectivity index (χ3v) is 7.79. The zero-order chi connectivity index (χ0) is 37.1. The van der Waals surface area contributed by atoms with Gasteiger partial charge < -0.3 is 41.0 Å². The lowest BCUT2D eigenvalue weighted by Gasteiger charge is -2.19. The van der Waals surface area contributed by atoms with Gasteiger partial charge in [0.2, 0.25) is 23.8 Å². The molecule has 0 aliphatic heterocycles. The van der Waals surface area contributed by atoms with Gasteiger partial charge in [-0.05, 0) is 63.1 Å². The Hall–Kier alpha value is -5.26. The van der Waals surface area contributed by atoms with E-state index in [4.69, 9.17) is 9.47 Å². The zero-order valence-electron chi connectivity index (χ0n) is 27.4. The van der Waals surface area contributed by atoms with E-state index in [1.165, 1.54) is 78.3 Å². The summed E-state index contributed by atoms with van der Waals surface area (Å²) in [5, 5.41) is 30.9. The molecule has 4 aromatic rings. The van der Waals surface area contributed by atoms with Crippen LogP contribution in [0.5, 0.6) is 12.0 Å². The van der Waals surface area contributed by atoms with Crippen LogP contribution in [0.4, 0.5) is 35.2 Å². The molecule has 4 rings (SSSR count). The first-order valence-corrected chi connectivity index (χ1v) is 17.1. The highest BCUT2D eigenvalue weighted by Crippen LogP contribution is 2.28. The minimum absolute atomic E-state index is 0.0525. The number of nitrogens with one attached hydrogen (secondary N) is 4. The molecule has 20 nitrogen and oxygen atoms in total. The summed E-state index contributed by atoms with van der Waals surface area (Å²) in [6.45, 7) is 5.81. The first-order chi connectivity index (χ1) is 23.1. The number of aliphatic hydroxyl groups is 2. The van der Waals surface area contributed by atoms with E-state index in [1.54, 1.807) is 0 Å². The fraction of sp³-hybridized carbons (Fsp3) is 0.286. The fourth-order valence-electron chi connectivity index (χ4n) is 4.05. The summed E-state index contributed by atoms with van der Waals surface area (Å²) in [4.78, 5) is 23.2. The van der Waals surface area contributed by atoms with Crippen molar-refractivity contribution in [3.63, 3.8) is 0 Å². The molecule has 2 aromatic heterocycles. The Kier molecular flexibility index (Phi) is 10.7. The molecule has 0 aliphatic carbocycles. The van der Waals surface area contributed by atoms with Crippen LogP contribution >= 0.6 is 0 Å². The molecule has 268 valence electrons. The molecule has 22 heteroatoms. The Morgan fingerprint density at radius 2 is 0.940 bits per heavy atom. The van der Waals surface area contributed by atoms with Crippen LogP contribution in [0.1, 0.15) is 38.8 Å². The normalized spacial score (nSPS) is 12.4. The molecule has 0 saturated carbocycles. The average molecular weight is 735 g/mol. The van der Waals surface area contributed by atoms with Crippen LogP contribution in [0.15, 0.2) is 46.2 Å². The molecule has 0 saturated heterocycles. The van der Waals surface area contributed by atoms with Gasteiger partial charge in [0.25, 0.3) is 20.2 Å². The van der Waals surface area contributed by atoms with Crippen LogP contribution in [0.2, 0.25) is 0 Å². The van der Waals surface area contributed by atoms with Crippen LogP contribution < -0.4 is 30.7 Å². The second-order valence-corrected chi connectivity index (χ2v) is 14.1. The fourth-order valence-corrected chi connectivity index (χ4v) is 5.47. The zero-order valence-corrected chi connectivity index (χ0v) is 29.0. The second-order valence-electron chi connectivity index (χ2n) is 11.3. The van der Waals surface area contributed by atoms with E-state index in [0.717, 1.165) is 12.1 Å². The number of rotatable bonds is 14. The Balaban J connectivity index is 1.67. The van der Waals surface area contributed by atoms with Crippen molar-refractivity contribution in [2.24, 2.45) is 0 Å². The van der Waals surface area contributed by atoms with E-state index in [0.29, 0.717) is 0 Å². The summed E-state index contributed by atoms with van der Waals surface area (Å²) in [6, 6.07) is 7.38. The Labute approximate surface area is 286 Å². The van der Waals surface area contributed by atoms with Crippen molar-refractivity contribution in [1.29, 1.82) is 0 Å². The van der Waals surface area contributed by atoms with Gasteiger partial charge in [0.1, 0.15) is 21.2 Å². The van der Waals surface area contributed by atoms with Crippen LogP contribution in [-0.4, -0.2) is 91.7 Å². The monoisotopic (exact) mass is 734 g/mol. The Bertz CT molecular complexity index is 1980. The lowest BCUT2D eigenvalue weighted by Crippen LogP contribution is -2.31. The highest BCUT2D eigenvalue weighted by atomic mass is 32.2. The molecule has 2 heterocycles. The topological polar surface area (TPSA) is 293 Å². The molecule has 0 bridgehead atoms. The molecule has 50 heavy (non-hydrogen) atoms. The molecule has 8 N–H and O–H groups in total. The van der Waals surface area contributed by atoms with Crippen molar-refractivity contribution >= 4 is 67.6 Å². The van der Waals surface area contributed by atoms with Crippen molar-refractivity contribution in [2.75, 3.05) is 35.5 Å². The average Bonchev–Trinajstić information content (AvgIpc) is 2.97. The van der Waals surface area contributed by atoms with Gasteiger partial charge in [0, 0.05) is 11.4 Å². The highest BCUT2D eigenvalue weighted by molar-refractivity contribution is 7.86. The SMILES string of the molecule is COc1nc(Nc2ccc(C=Cc3ccc(Nc4nc(NC(C)(C)O)nc(OC)n4)cc3S(=O)(=O)O)c(S(=O)(=O)O)c2)nc(NC(C)(C)O)n1. The molecule has 0 spiro atoms. The van der Waals surface area contributed by atoms with Crippen molar-refractivity contribution < 1.29 is 45.6 Å². The summed E-state index contributed by atoms with van der Waals surface area (Å²) in [7, 11) is -7.07. The molecule has 0 radical (unpaired) electrons. The maximum atomic E-state index is 12.4. The lowest BCUT2D eigenvalue weighted by molar-refractivity contribution is 0.110. The van der Waals surface area contributed by atoms with E-state index >= 15 is 0 Å². The molecular formula is C28H34N10O10S2. The number of benzene rings is 2. The third kappa shape index (κ3) is 10.6. The van der Waals surface area contributed by atoms with Gasteiger partial charge in [0.05, 0.1) is 14.2 Å².